The Morgan fingerprint density at radius 3 is 2.36 bits per heavy atom. The van der Waals surface area contributed by atoms with Crippen LogP contribution >= 0.6 is 0 Å². The molecule has 1 N–H and O–H groups in total. The number of carbonyl (C=O) groups excluding carboxylic acids is 1. The summed E-state index contributed by atoms with van der Waals surface area (Å²) in [6.07, 6.45) is 0.939. The highest BCUT2D eigenvalue weighted by molar-refractivity contribution is 7.95. The molecule has 1 aliphatic heterocycles. The van der Waals surface area contributed by atoms with Gasteiger partial charge in [0.25, 0.3) is 0 Å². The second kappa shape index (κ2) is 7.83. The Morgan fingerprint density at radius 1 is 1.11 bits per heavy atom. The van der Waals surface area contributed by atoms with Crippen LogP contribution in [-0.4, -0.2) is 31.7 Å². The van der Waals surface area contributed by atoms with Gasteiger partial charge in [-0.3, -0.25) is 9.10 Å². The molecule has 1 saturated heterocycles. The average molecular weight is 403 g/mol. The Labute approximate surface area is 166 Å². The third-order valence-corrected chi connectivity index (χ3v) is 7.38. The fraction of sp³-hybridized carbons (Fsp3) is 0.381. The topological polar surface area (TPSA) is 75.7 Å². The molecule has 1 amide bonds. The van der Waals surface area contributed by atoms with Gasteiger partial charge >= 0.3 is 0 Å². The Morgan fingerprint density at radius 2 is 1.75 bits per heavy atom. The normalized spacial score (nSPS) is 21.4. The summed E-state index contributed by atoms with van der Waals surface area (Å²) >= 11 is 0. The second-order valence-electron chi connectivity index (χ2n) is 7.39. The summed E-state index contributed by atoms with van der Waals surface area (Å²) in [4.78, 5) is 13.0. The molecule has 150 valence electrons. The lowest BCUT2D eigenvalue weighted by molar-refractivity contribution is -0.118. The predicted octanol–water partition coefficient (Wildman–Crippen LogP) is 3.80. The second-order valence-corrected chi connectivity index (χ2v) is 9.68. The summed E-state index contributed by atoms with van der Waals surface area (Å²) < 4.78 is 32.0. The lowest BCUT2D eigenvalue weighted by atomic mass is 10.0. The van der Waals surface area contributed by atoms with Crippen molar-refractivity contribution in [3.63, 3.8) is 0 Å². The Balaban J connectivity index is 1.81. The number of carbonyl (C=O) groups is 1. The highest BCUT2D eigenvalue weighted by atomic mass is 32.2. The molecule has 7 heteroatoms. The van der Waals surface area contributed by atoms with Gasteiger partial charge in [-0.2, -0.15) is 0 Å². The first-order chi connectivity index (χ1) is 13.2. The third-order valence-electron chi connectivity index (χ3n) is 4.88. The third kappa shape index (κ3) is 3.85. The molecule has 1 aliphatic rings. The van der Waals surface area contributed by atoms with Crippen LogP contribution in [0.1, 0.15) is 33.6 Å². The van der Waals surface area contributed by atoms with E-state index in [4.69, 9.17) is 4.74 Å². The van der Waals surface area contributed by atoms with Gasteiger partial charge in [0.1, 0.15) is 5.75 Å². The molecule has 0 radical (unpaired) electrons. The van der Waals surface area contributed by atoms with Gasteiger partial charge in [-0.15, -0.1) is 0 Å². The molecular formula is C21H26N2O4S. The maximum Gasteiger partial charge on any atom is 0.249 e. The Hall–Kier alpha value is -2.54. The van der Waals surface area contributed by atoms with Gasteiger partial charge < -0.3 is 10.1 Å². The zero-order chi connectivity index (χ0) is 20.4. The standard InChI is InChI=1S/C21H26N2O4S/c1-16(2)27-19-12-10-17(11-13-19)22-20(24)21(3)14-7-15-23(28(21,25)26)18-8-5-4-6-9-18/h4-6,8-13,16H,7,14-15H2,1-3H3,(H,22,24). The minimum absolute atomic E-state index is 0.0516. The largest absolute Gasteiger partial charge is 0.491 e. The van der Waals surface area contributed by atoms with Crippen molar-refractivity contribution in [2.75, 3.05) is 16.2 Å². The molecule has 3 rings (SSSR count). The maximum absolute atomic E-state index is 13.3. The number of anilines is 2. The number of nitrogens with zero attached hydrogens (tertiary/aromatic N) is 1. The zero-order valence-electron chi connectivity index (χ0n) is 16.4. The molecule has 1 fully saturated rings. The van der Waals surface area contributed by atoms with E-state index < -0.39 is 20.7 Å². The highest BCUT2D eigenvalue weighted by Gasteiger charge is 2.51. The molecule has 0 spiro atoms. The summed E-state index contributed by atoms with van der Waals surface area (Å²) in [5.74, 6) is 0.172. The summed E-state index contributed by atoms with van der Waals surface area (Å²) in [5.41, 5.74) is 1.12. The Kier molecular flexibility index (Phi) is 5.65. The van der Waals surface area contributed by atoms with E-state index in [1.54, 1.807) is 48.5 Å². The molecule has 6 nitrogen and oxygen atoms in total. The molecule has 2 aromatic carbocycles. The molecule has 0 aromatic heterocycles. The first-order valence-corrected chi connectivity index (χ1v) is 10.8. The lowest BCUT2D eigenvalue weighted by Crippen LogP contribution is -2.57. The van der Waals surface area contributed by atoms with Gasteiger partial charge in [0, 0.05) is 12.2 Å². The van der Waals surface area contributed by atoms with Gasteiger partial charge in [0.15, 0.2) is 4.75 Å². The number of sulfonamides is 1. The van der Waals surface area contributed by atoms with E-state index in [1.807, 2.05) is 19.9 Å². The number of hydrogen-bond acceptors (Lipinski definition) is 4. The van der Waals surface area contributed by atoms with Crippen LogP contribution < -0.4 is 14.4 Å². The predicted molar refractivity (Wildman–Crippen MR) is 111 cm³/mol. The van der Waals surface area contributed by atoms with Crippen LogP contribution in [0.4, 0.5) is 11.4 Å². The van der Waals surface area contributed by atoms with E-state index in [-0.39, 0.29) is 12.5 Å². The highest BCUT2D eigenvalue weighted by Crippen LogP contribution is 2.36. The van der Waals surface area contributed by atoms with E-state index in [0.717, 1.165) is 0 Å². The van der Waals surface area contributed by atoms with Crippen molar-refractivity contribution in [1.82, 2.24) is 0 Å². The van der Waals surface area contributed by atoms with Crippen LogP contribution in [-0.2, 0) is 14.8 Å². The maximum atomic E-state index is 13.3. The average Bonchev–Trinajstić information content (AvgIpc) is 2.65. The summed E-state index contributed by atoms with van der Waals surface area (Å²) in [6, 6.07) is 15.8. The lowest BCUT2D eigenvalue weighted by Gasteiger charge is -2.39. The van der Waals surface area contributed by atoms with E-state index in [9.17, 15) is 13.2 Å². The van der Waals surface area contributed by atoms with Crippen LogP contribution in [0.25, 0.3) is 0 Å². The van der Waals surface area contributed by atoms with Crippen molar-refractivity contribution in [3.8, 4) is 5.75 Å². The van der Waals surface area contributed by atoms with Crippen molar-refractivity contribution in [2.45, 2.75) is 44.5 Å². The fourth-order valence-corrected chi connectivity index (χ4v) is 5.24. The van der Waals surface area contributed by atoms with Crippen LogP contribution in [0.3, 0.4) is 0 Å². The van der Waals surface area contributed by atoms with Gasteiger partial charge in [-0.25, -0.2) is 8.42 Å². The number of benzene rings is 2. The van der Waals surface area contributed by atoms with Gasteiger partial charge in [-0.1, -0.05) is 18.2 Å². The number of para-hydroxylation sites is 1. The van der Waals surface area contributed by atoms with Gasteiger partial charge in [-0.05, 0) is 70.0 Å². The van der Waals surface area contributed by atoms with E-state index >= 15 is 0 Å². The molecule has 1 heterocycles. The SMILES string of the molecule is CC(C)Oc1ccc(NC(=O)C2(C)CCCN(c3ccccc3)S2(=O)=O)cc1. The number of ether oxygens (including phenoxy) is 1. The minimum atomic E-state index is -3.86. The van der Waals surface area contributed by atoms with Crippen molar-refractivity contribution in [2.24, 2.45) is 0 Å². The van der Waals surface area contributed by atoms with E-state index in [2.05, 4.69) is 5.32 Å². The molecule has 0 bridgehead atoms. The summed E-state index contributed by atoms with van der Waals surface area (Å²) in [6.45, 7) is 5.74. The number of amides is 1. The quantitative estimate of drug-likeness (QED) is 0.825. The van der Waals surface area contributed by atoms with Crippen molar-refractivity contribution in [3.05, 3.63) is 54.6 Å². The first kappa shape index (κ1) is 20.2. The van der Waals surface area contributed by atoms with Crippen LogP contribution in [0.2, 0.25) is 0 Å². The van der Waals surface area contributed by atoms with Crippen molar-refractivity contribution in [1.29, 1.82) is 0 Å². The van der Waals surface area contributed by atoms with Crippen LogP contribution in [0.15, 0.2) is 54.6 Å². The van der Waals surface area contributed by atoms with Crippen LogP contribution in [0, 0.1) is 0 Å². The first-order valence-electron chi connectivity index (χ1n) is 9.39. The molecule has 28 heavy (non-hydrogen) atoms. The number of hydrogen-bond donors (Lipinski definition) is 1. The number of rotatable bonds is 5. The van der Waals surface area contributed by atoms with Gasteiger partial charge in [0.05, 0.1) is 11.8 Å². The van der Waals surface area contributed by atoms with Crippen molar-refractivity contribution < 1.29 is 17.9 Å². The minimum Gasteiger partial charge on any atom is -0.491 e. The Bertz CT molecular complexity index is 927. The number of nitrogens with one attached hydrogen (secondary N) is 1. The van der Waals surface area contributed by atoms with E-state index in [0.29, 0.717) is 30.1 Å². The van der Waals surface area contributed by atoms with Gasteiger partial charge in [0.2, 0.25) is 15.9 Å². The molecule has 0 aliphatic carbocycles. The van der Waals surface area contributed by atoms with E-state index in [1.165, 1.54) is 11.2 Å². The zero-order valence-corrected chi connectivity index (χ0v) is 17.2. The molecule has 0 saturated carbocycles. The molecule has 1 unspecified atom stereocenters. The molecule has 2 aromatic rings. The van der Waals surface area contributed by atoms with Crippen molar-refractivity contribution >= 4 is 27.3 Å². The molecular weight excluding hydrogens is 376 g/mol. The summed E-state index contributed by atoms with van der Waals surface area (Å²) in [7, 11) is -3.86. The smallest absolute Gasteiger partial charge is 0.249 e. The molecule has 1 atom stereocenters. The van der Waals surface area contributed by atoms with Crippen LogP contribution in [0.5, 0.6) is 5.75 Å². The monoisotopic (exact) mass is 402 g/mol. The summed E-state index contributed by atoms with van der Waals surface area (Å²) in [5, 5.41) is 2.76. The fourth-order valence-electron chi connectivity index (χ4n) is 3.30.